The Balaban J connectivity index is 1.53. The Morgan fingerprint density at radius 1 is 0.600 bits per heavy atom. The smallest absolute Gasteiger partial charge is 0.0531 e. The van der Waals surface area contributed by atoms with Crippen molar-refractivity contribution in [1.82, 2.24) is 0 Å². The van der Waals surface area contributed by atoms with Gasteiger partial charge < -0.3 is 0 Å². The van der Waals surface area contributed by atoms with Crippen molar-refractivity contribution >= 4 is 47.0 Å². The van der Waals surface area contributed by atoms with Crippen molar-refractivity contribution in [2.45, 2.75) is 28.4 Å². The second-order valence-electron chi connectivity index (χ2n) is 4.55. The third kappa shape index (κ3) is 2.63. The Bertz CT molecular complexity index is 187. The summed E-state index contributed by atoms with van der Waals surface area (Å²) in [7, 11) is 0. The fourth-order valence-electron chi connectivity index (χ4n) is 2.84. The van der Waals surface area contributed by atoms with Crippen LogP contribution in [0.25, 0.3) is 0 Å². The van der Waals surface area contributed by atoms with Crippen LogP contribution in [0.2, 0.25) is 0 Å². The standard InChI is InChI=1S/C11H18S4/c1-2-9(11-14-5-6-15-11)7-8(1)10-12-3-4-13-10/h8-11H,1-7H2. The molecule has 2 aliphatic heterocycles. The average Bonchev–Trinajstić information content (AvgIpc) is 3.02. The SMILES string of the molecule is C1CSC(C2CCC(C3SCCS3)C2)S1. The van der Waals surface area contributed by atoms with E-state index in [9.17, 15) is 0 Å². The fourth-order valence-corrected chi connectivity index (χ4v) is 9.32. The summed E-state index contributed by atoms with van der Waals surface area (Å²) in [5, 5.41) is 0. The molecular formula is C11H18S4. The predicted octanol–water partition coefficient (Wildman–Crippen LogP) is 4.01. The highest BCUT2D eigenvalue weighted by Gasteiger charge is 2.37. The van der Waals surface area contributed by atoms with Crippen LogP contribution in [0, 0.1) is 11.8 Å². The molecule has 0 aromatic rings. The van der Waals surface area contributed by atoms with E-state index in [1.807, 2.05) is 0 Å². The van der Waals surface area contributed by atoms with E-state index < -0.39 is 0 Å². The molecule has 1 aliphatic carbocycles. The van der Waals surface area contributed by atoms with Gasteiger partial charge in [0.1, 0.15) is 0 Å². The molecule has 2 unspecified atom stereocenters. The molecule has 86 valence electrons. The van der Waals surface area contributed by atoms with Gasteiger partial charge in [-0.05, 0) is 31.1 Å². The van der Waals surface area contributed by atoms with E-state index in [0.717, 1.165) is 21.0 Å². The Hall–Kier alpha value is 1.40. The van der Waals surface area contributed by atoms with Crippen molar-refractivity contribution in [3.05, 3.63) is 0 Å². The van der Waals surface area contributed by atoms with Crippen LogP contribution in [-0.2, 0) is 0 Å². The summed E-state index contributed by atoms with van der Waals surface area (Å²) in [6.07, 6.45) is 4.58. The summed E-state index contributed by atoms with van der Waals surface area (Å²) in [6, 6.07) is 0. The summed E-state index contributed by atoms with van der Waals surface area (Å²) in [5.41, 5.74) is 0. The molecule has 0 nitrogen and oxygen atoms in total. The van der Waals surface area contributed by atoms with Gasteiger partial charge in [0.05, 0.1) is 9.16 Å². The van der Waals surface area contributed by atoms with E-state index in [2.05, 4.69) is 47.0 Å². The van der Waals surface area contributed by atoms with Crippen molar-refractivity contribution in [1.29, 1.82) is 0 Å². The molecular weight excluding hydrogens is 260 g/mol. The second kappa shape index (κ2) is 5.36. The van der Waals surface area contributed by atoms with Crippen molar-refractivity contribution in [2.75, 3.05) is 23.0 Å². The zero-order chi connectivity index (χ0) is 10.1. The summed E-state index contributed by atoms with van der Waals surface area (Å²) in [4.78, 5) is 0. The summed E-state index contributed by atoms with van der Waals surface area (Å²) < 4.78 is 1.93. The van der Waals surface area contributed by atoms with E-state index in [0.29, 0.717) is 0 Å². The lowest BCUT2D eigenvalue weighted by molar-refractivity contribution is 0.546. The maximum atomic E-state index is 2.23. The normalized spacial score (nSPS) is 39.2. The van der Waals surface area contributed by atoms with E-state index >= 15 is 0 Å². The van der Waals surface area contributed by atoms with Crippen LogP contribution in [0.5, 0.6) is 0 Å². The molecule has 0 amide bonds. The maximum Gasteiger partial charge on any atom is 0.0531 e. The monoisotopic (exact) mass is 278 g/mol. The van der Waals surface area contributed by atoms with Crippen LogP contribution in [0.15, 0.2) is 0 Å². The Kier molecular flexibility index (Phi) is 4.11. The minimum atomic E-state index is 0.964. The topological polar surface area (TPSA) is 0 Å². The molecule has 3 aliphatic rings. The molecule has 0 N–H and O–H groups in total. The van der Waals surface area contributed by atoms with E-state index in [1.54, 1.807) is 0 Å². The summed E-state index contributed by atoms with van der Waals surface area (Å²) in [6.45, 7) is 0. The van der Waals surface area contributed by atoms with Gasteiger partial charge in [-0.2, -0.15) is 0 Å². The highest BCUT2D eigenvalue weighted by Crippen LogP contribution is 2.50. The third-order valence-corrected chi connectivity index (χ3v) is 10.3. The highest BCUT2D eigenvalue weighted by molar-refractivity contribution is 8.20. The van der Waals surface area contributed by atoms with Crippen molar-refractivity contribution in [3.63, 3.8) is 0 Å². The van der Waals surface area contributed by atoms with Gasteiger partial charge in [0.2, 0.25) is 0 Å². The summed E-state index contributed by atoms with van der Waals surface area (Å²) >= 11 is 8.93. The molecule has 1 saturated carbocycles. The van der Waals surface area contributed by atoms with Crippen molar-refractivity contribution in [3.8, 4) is 0 Å². The van der Waals surface area contributed by atoms with Gasteiger partial charge in [-0.25, -0.2) is 0 Å². The highest BCUT2D eigenvalue weighted by atomic mass is 32.2. The second-order valence-corrected chi connectivity index (χ2v) is 10.1. The minimum absolute atomic E-state index is 0.964. The van der Waals surface area contributed by atoms with Crippen LogP contribution in [0.1, 0.15) is 19.3 Å². The number of rotatable bonds is 2. The lowest BCUT2D eigenvalue weighted by Crippen LogP contribution is -2.11. The van der Waals surface area contributed by atoms with Crippen LogP contribution in [0.3, 0.4) is 0 Å². The molecule has 3 rings (SSSR count). The molecule has 0 spiro atoms. The van der Waals surface area contributed by atoms with E-state index in [4.69, 9.17) is 0 Å². The largest absolute Gasteiger partial charge is 0.146 e. The van der Waals surface area contributed by atoms with Gasteiger partial charge in [0.15, 0.2) is 0 Å². The van der Waals surface area contributed by atoms with Gasteiger partial charge in [0, 0.05) is 23.0 Å². The van der Waals surface area contributed by atoms with Crippen LogP contribution < -0.4 is 0 Å². The first-order chi connectivity index (χ1) is 7.43. The van der Waals surface area contributed by atoms with Crippen LogP contribution >= 0.6 is 47.0 Å². The lowest BCUT2D eigenvalue weighted by atomic mass is 10.1. The Labute approximate surface area is 110 Å². The molecule has 2 atom stereocenters. The average molecular weight is 279 g/mol. The lowest BCUT2D eigenvalue weighted by Gasteiger charge is -2.19. The van der Waals surface area contributed by atoms with Crippen molar-refractivity contribution < 1.29 is 0 Å². The van der Waals surface area contributed by atoms with Gasteiger partial charge in [-0.15, -0.1) is 47.0 Å². The Morgan fingerprint density at radius 2 is 1.00 bits per heavy atom. The predicted molar refractivity (Wildman–Crippen MR) is 78.2 cm³/mol. The first kappa shape index (κ1) is 11.5. The molecule has 4 heteroatoms. The van der Waals surface area contributed by atoms with Crippen molar-refractivity contribution in [2.24, 2.45) is 11.8 Å². The molecule has 0 aromatic heterocycles. The Morgan fingerprint density at radius 3 is 1.40 bits per heavy atom. The molecule has 2 heterocycles. The first-order valence-electron chi connectivity index (χ1n) is 5.90. The van der Waals surface area contributed by atoms with Crippen LogP contribution in [-0.4, -0.2) is 32.2 Å². The third-order valence-electron chi connectivity index (χ3n) is 3.58. The van der Waals surface area contributed by atoms with E-state index in [-0.39, 0.29) is 0 Å². The zero-order valence-corrected chi connectivity index (χ0v) is 12.2. The molecule has 0 radical (unpaired) electrons. The first-order valence-corrected chi connectivity index (χ1v) is 10.1. The molecule has 3 fully saturated rings. The molecule has 0 aromatic carbocycles. The molecule has 2 saturated heterocycles. The summed E-state index contributed by atoms with van der Waals surface area (Å²) in [5.74, 6) is 7.73. The quantitative estimate of drug-likeness (QED) is 0.748. The van der Waals surface area contributed by atoms with E-state index in [1.165, 1.54) is 42.3 Å². The van der Waals surface area contributed by atoms with Gasteiger partial charge in [-0.3, -0.25) is 0 Å². The molecule has 15 heavy (non-hydrogen) atoms. The minimum Gasteiger partial charge on any atom is -0.146 e. The van der Waals surface area contributed by atoms with Gasteiger partial charge in [-0.1, -0.05) is 0 Å². The van der Waals surface area contributed by atoms with Crippen LogP contribution in [0.4, 0.5) is 0 Å². The fraction of sp³-hybridized carbons (Fsp3) is 1.00. The number of thioether (sulfide) groups is 4. The number of hydrogen-bond donors (Lipinski definition) is 0. The van der Waals surface area contributed by atoms with Gasteiger partial charge >= 0.3 is 0 Å². The zero-order valence-electron chi connectivity index (χ0n) is 8.89. The number of hydrogen-bond acceptors (Lipinski definition) is 4. The van der Waals surface area contributed by atoms with Gasteiger partial charge in [0.25, 0.3) is 0 Å². The maximum absolute atomic E-state index is 2.23. The molecule has 0 bridgehead atoms.